The fourth-order valence-electron chi connectivity index (χ4n) is 7.42. The van der Waals surface area contributed by atoms with Gasteiger partial charge in [-0.2, -0.15) is 0 Å². The summed E-state index contributed by atoms with van der Waals surface area (Å²) in [7, 11) is 0. The average molecular weight is 701 g/mol. The molecule has 8 atom stereocenters. The van der Waals surface area contributed by atoms with Gasteiger partial charge in [-0.25, -0.2) is 4.79 Å². The van der Waals surface area contributed by atoms with Crippen LogP contribution >= 0.6 is 0 Å². The second-order valence-corrected chi connectivity index (χ2v) is 15.3. The molecule has 292 valence electrons. The van der Waals surface area contributed by atoms with Crippen molar-refractivity contribution in [3.8, 4) is 0 Å². The molecule has 2 amide bonds. The molecule has 1 saturated carbocycles. The number of aliphatic hydroxyl groups excluding tert-OH is 6. The predicted molar refractivity (Wildman–Crippen MR) is 200 cm³/mol. The highest BCUT2D eigenvalue weighted by Gasteiger charge is 2.42. The van der Waals surface area contributed by atoms with Crippen LogP contribution in [0.5, 0.6) is 0 Å². The van der Waals surface area contributed by atoms with E-state index in [1.54, 1.807) is 0 Å². The van der Waals surface area contributed by atoms with Crippen molar-refractivity contribution in [3.63, 3.8) is 0 Å². The first-order chi connectivity index (χ1) is 23.7. The van der Waals surface area contributed by atoms with E-state index in [1.807, 2.05) is 6.92 Å². The smallest absolute Gasteiger partial charge is 0.315 e. The first-order valence-electron chi connectivity index (χ1n) is 20.8. The molecule has 1 rings (SSSR count). The Kier molecular flexibility index (Phi) is 28.8. The second-order valence-electron chi connectivity index (χ2n) is 15.3. The SMILES string of the molecule is CCCCCCCCCCCCCCCCCCCCCCCCNC(=O)NC(CCC1CC(CO)C(O)C(O)C1O)C(O)CC(O)CC. The van der Waals surface area contributed by atoms with E-state index in [9.17, 15) is 35.4 Å². The van der Waals surface area contributed by atoms with E-state index < -0.39 is 48.4 Å². The number of amides is 2. The van der Waals surface area contributed by atoms with Crippen molar-refractivity contribution in [2.45, 2.75) is 224 Å². The number of carbonyl (C=O) groups is 1. The number of unbranched alkanes of at least 4 members (excludes halogenated alkanes) is 21. The Hall–Kier alpha value is -0.970. The van der Waals surface area contributed by atoms with Gasteiger partial charge < -0.3 is 41.3 Å². The minimum absolute atomic E-state index is 0.120. The molecule has 0 aromatic heterocycles. The van der Waals surface area contributed by atoms with Gasteiger partial charge in [0.05, 0.1) is 30.5 Å². The normalized spacial score (nSPS) is 22.9. The Morgan fingerprint density at radius 3 is 1.49 bits per heavy atom. The van der Waals surface area contributed by atoms with Crippen molar-refractivity contribution in [1.29, 1.82) is 0 Å². The molecule has 9 nitrogen and oxygen atoms in total. The Balaban J connectivity index is 2.09. The van der Waals surface area contributed by atoms with Gasteiger partial charge in [-0.1, -0.05) is 149 Å². The molecule has 9 heteroatoms. The third kappa shape index (κ3) is 22.6. The summed E-state index contributed by atoms with van der Waals surface area (Å²) in [6, 6.07) is -1.01. The number of aliphatic hydroxyl groups is 6. The van der Waals surface area contributed by atoms with Crippen LogP contribution in [0.2, 0.25) is 0 Å². The van der Waals surface area contributed by atoms with Gasteiger partial charge in [0, 0.05) is 25.5 Å². The molecule has 1 aliphatic carbocycles. The third-order valence-corrected chi connectivity index (χ3v) is 10.9. The van der Waals surface area contributed by atoms with Gasteiger partial charge >= 0.3 is 6.03 Å². The summed E-state index contributed by atoms with van der Waals surface area (Å²) in [5.74, 6) is -0.931. The first-order valence-corrected chi connectivity index (χ1v) is 20.8. The minimum Gasteiger partial charge on any atom is -0.396 e. The lowest BCUT2D eigenvalue weighted by molar-refractivity contribution is -0.143. The van der Waals surface area contributed by atoms with E-state index in [4.69, 9.17) is 0 Å². The highest BCUT2D eigenvalue weighted by atomic mass is 16.4. The maximum absolute atomic E-state index is 12.7. The number of rotatable bonds is 32. The monoisotopic (exact) mass is 701 g/mol. The van der Waals surface area contributed by atoms with Crippen LogP contribution in [-0.4, -0.2) is 86.4 Å². The highest BCUT2D eigenvalue weighted by Crippen LogP contribution is 2.33. The molecule has 0 radical (unpaired) electrons. The van der Waals surface area contributed by atoms with Crippen molar-refractivity contribution in [3.05, 3.63) is 0 Å². The van der Waals surface area contributed by atoms with Crippen LogP contribution in [0.3, 0.4) is 0 Å². The van der Waals surface area contributed by atoms with Gasteiger partial charge in [-0.05, 0) is 38.0 Å². The molecular formula is C40H80N2O7. The molecular weight excluding hydrogens is 620 g/mol. The quantitative estimate of drug-likeness (QED) is 0.0342. The van der Waals surface area contributed by atoms with Gasteiger partial charge in [-0.15, -0.1) is 0 Å². The highest BCUT2D eigenvalue weighted by molar-refractivity contribution is 5.74. The van der Waals surface area contributed by atoms with Gasteiger partial charge in [0.1, 0.15) is 6.10 Å². The summed E-state index contributed by atoms with van der Waals surface area (Å²) >= 11 is 0. The molecule has 49 heavy (non-hydrogen) atoms. The molecule has 8 N–H and O–H groups in total. The predicted octanol–water partition coefficient (Wildman–Crippen LogP) is 7.27. The maximum atomic E-state index is 12.7. The van der Waals surface area contributed by atoms with Gasteiger partial charge in [0.25, 0.3) is 0 Å². The Bertz CT molecular complexity index is 758. The number of nitrogens with one attached hydrogen (secondary N) is 2. The van der Waals surface area contributed by atoms with E-state index in [0.717, 1.165) is 19.3 Å². The van der Waals surface area contributed by atoms with Crippen LogP contribution < -0.4 is 10.6 Å². The Morgan fingerprint density at radius 1 is 0.633 bits per heavy atom. The Morgan fingerprint density at radius 2 is 1.06 bits per heavy atom. The van der Waals surface area contributed by atoms with Crippen LogP contribution in [0.25, 0.3) is 0 Å². The third-order valence-electron chi connectivity index (χ3n) is 10.9. The van der Waals surface area contributed by atoms with Crippen LogP contribution in [0.15, 0.2) is 0 Å². The van der Waals surface area contributed by atoms with E-state index in [2.05, 4.69) is 17.6 Å². The lowest BCUT2D eigenvalue weighted by Gasteiger charge is -2.40. The summed E-state index contributed by atoms with van der Waals surface area (Å²) in [5.41, 5.74) is 0. The standard InChI is InChI=1S/C40H80N2O7/c1-3-5-6-7-8-9-10-11-12-13-14-15-16-17-18-19-20-21-22-23-24-25-28-41-40(49)42-35(36(45)30-34(44)4-2)27-26-32-29-33(31-43)38(47)39(48)37(32)46/h32-39,43-48H,3-31H2,1-2H3,(H2,41,42,49). The van der Waals surface area contributed by atoms with Crippen LogP contribution in [-0.2, 0) is 0 Å². The van der Waals surface area contributed by atoms with Crippen LogP contribution in [0, 0.1) is 11.8 Å². The molecule has 1 aliphatic rings. The fraction of sp³-hybridized carbons (Fsp3) is 0.975. The van der Waals surface area contributed by atoms with E-state index in [0.29, 0.717) is 32.2 Å². The summed E-state index contributed by atoms with van der Waals surface area (Å²) in [4.78, 5) is 12.7. The number of urea groups is 1. The maximum Gasteiger partial charge on any atom is 0.315 e. The Labute approximate surface area is 300 Å². The number of hydrogen-bond donors (Lipinski definition) is 8. The minimum atomic E-state index is -1.35. The molecule has 0 heterocycles. The van der Waals surface area contributed by atoms with Crippen molar-refractivity contribution < 1.29 is 35.4 Å². The zero-order valence-electron chi connectivity index (χ0n) is 31.7. The van der Waals surface area contributed by atoms with E-state index in [-0.39, 0.29) is 19.1 Å². The summed E-state index contributed by atoms with van der Waals surface area (Å²) < 4.78 is 0. The molecule has 1 fully saturated rings. The van der Waals surface area contributed by atoms with Gasteiger partial charge in [0.15, 0.2) is 0 Å². The van der Waals surface area contributed by atoms with Crippen molar-refractivity contribution in [1.82, 2.24) is 10.6 Å². The molecule has 0 spiro atoms. The van der Waals surface area contributed by atoms with E-state index in [1.165, 1.54) is 122 Å². The fourth-order valence-corrected chi connectivity index (χ4v) is 7.42. The van der Waals surface area contributed by atoms with Crippen LogP contribution in [0.4, 0.5) is 4.79 Å². The lowest BCUT2D eigenvalue weighted by atomic mass is 9.73. The topological polar surface area (TPSA) is 163 Å². The summed E-state index contributed by atoms with van der Waals surface area (Å²) in [6.45, 7) is 4.36. The molecule has 0 saturated heterocycles. The van der Waals surface area contributed by atoms with Gasteiger partial charge in [0.2, 0.25) is 0 Å². The summed E-state index contributed by atoms with van der Waals surface area (Å²) in [6.07, 6.45) is 25.7. The molecule has 0 aromatic carbocycles. The van der Waals surface area contributed by atoms with Gasteiger partial charge in [-0.3, -0.25) is 0 Å². The average Bonchev–Trinajstić information content (AvgIpc) is 3.09. The first kappa shape index (κ1) is 46.1. The number of carbonyl (C=O) groups excluding carboxylic acids is 1. The number of hydrogen-bond acceptors (Lipinski definition) is 7. The van der Waals surface area contributed by atoms with Crippen molar-refractivity contribution in [2.75, 3.05) is 13.2 Å². The zero-order chi connectivity index (χ0) is 36.1. The molecule has 0 aliphatic heterocycles. The lowest BCUT2D eigenvalue weighted by Crippen LogP contribution is -2.53. The largest absolute Gasteiger partial charge is 0.396 e. The van der Waals surface area contributed by atoms with Crippen molar-refractivity contribution in [2.24, 2.45) is 11.8 Å². The van der Waals surface area contributed by atoms with Crippen LogP contribution in [0.1, 0.15) is 187 Å². The van der Waals surface area contributed by atoms with Crippen molar-refractivity contribution >= 4 is 6.03 Å². The summed E-state index contributed by atoms with van der Waals surface area (Å²) in [5, 5.41) is 67.0. The second kappa shape index (κ2) is 30.6. The zero-order valence-corrected chi connectivity index (χ0v) is 31.7. The molecule has 8 unspecified atom stereocenters. The molecule has 0 aromatic rings. The molecule has 0 bridgehead atoms. The van der Waals surface area contributed by atoms with E-state index >= 15 is 0 Å².